The van der Waals surface area contributed by atoms with Gasteiger partial charge >= 0.3 is 0 Å². The number of rotatable bonds is 7. The van der Waals surface area contributed by atoms with Crippen molar-refractivity contribution in [1.29, 1.82) is 0 Å². The number of benzene rings is 2. The van der Waals surface area contributed by atoms with Crippen molar-refractivity contribution in [1.82, 2.24) is 0 Å². The van der Waals surface area contributed by atoms with Gasteiger partial charge in [0.15, 0.2) is 0 Å². The molecule has 0 heterocycles. The fraction of sp³-hybridized carbons (Fsp3) is 0.250. The first-order chi connectivity index (χ1) is 10.8. The Morgan fingerprint density at radius 1 is 1.05 bits per heavy atom. The van der Waals surface area contributed by atoms with E-state index in [1.807, 2.05) is 72.8 Å². The maximum atomic E-state index is 12.9. The Morgan fingerprint density at radius 3 is 2.32 bits per heavy atom. The molecule has 0 aliphatic rings. The quantitative estimate of drug-likeness (QED) is 0.492. The predicted molar refractivity (Wildman–Crippen MR) is 94.2 cm³/mol. The molecule has 0 fully saturated rings. The van der Waals surface area contributed by atoms with Gasteiger partial charge in [0.1, 0.15) is 0 Å². The van der Waals surface area contributed by atoms with Crippen molar-refractivity contribution in [3.8, 4) is 0 Å². The Kier molecular flexibility index (Phi) is 6.89. The molecule has 2 aromatic carbocycles. The lowest BCUT2D eigenvalue weighted by Gasteiger charge is -2.12. The molecule has 2 aromatic rings. The van der Waals surface area contributed by atoms with Crippen LogP contribution in [-0.4, -0.2) is 4.21 Å². The Balaban J connectivity index is 2.26. The zero-order chi connectivity index (χ0) is 15.6. The summed E-state index contributed by atoms with van der Waals surface area (Å²) in [6.45, 7) is 2.18. The van der Waals surface area contributed by atoms with Crippen LogP contribution in [0.3, 0.4) is 0 Å². The summed E-state index contributed by atoms with van der Waals surface area (Å²) in [5.74, 6) is 0. The molecule has 0 aliphatic heterocycles. The third-order valence-electron chi connectivity index (χ3n) is 3.40. The van der Waals surface area contributed by atoms with E-state index in [9.17, 15) is 4.21 Å². The molecule has 22 heavy (non-hydrogen) atoms. The molecule has 0 aliphatic carbocycles. The van der Waals surface area contributed by atoms with Gasteiger partial charge in [0, 0.05) is 4.90 Å². The van der Waals surface area contributed by atoms with Crippen LogP contribution in [0.25, 0.3) is 0 Å². The summed E-state index contributed by atoms with van der Waals surface area (Å²) in [6, 6.07) is 19.6. The summed E-state index contributed by atoms with van der Waals surface area (Å²) in [7, 11) is -1.12. The Labute approximate surface area is 135 Å². The first-order valence-electron chi connectivity index (χ1n) is 7.74. The summed E-state index contributed by atoms with van der Waals surface area (Å²) < 4.78 is 12.9. The SMILES string of the molecule is CCCCC=C=CC(c1ccccc1)S(=O)c1ccccc1. The minimum absolute atomic E-state index is 0.165. The molecule has 0 amide bonds. The molecular weight excluding hydrogens is 288 g/mol. The lowest BCUT2D eigenvalue weighted by atomic mass is 10.1. The number of hydrogen-bond donors (Lipinski definition) is 0. The second kappa shape index (κ2) is 9.19. The standard InChI is InChI=1S/C20H22OS/c1-2-3-4-5-12-17-20(18-13-8-6-9-14-18)22(21)19-15-10-7-11-16-19/h5-11,13-17,20H,2-4H2,1H3. The Morgan fingerprint density at radius 2 is 1.68 bits per heavy atom. The predicted octanol–water partition coefficient (Wildman–Crippen LogP) is 5.44. The minimum Gasteiger partial charge on any atom is -0.253 e. The van der Waals surface area contributed by atoms with E-state index >= 15 is 0 Å². The van der Waals surface area contributed by atoms with Gasteiger partial charge in [-0.1, -0.05) is 61.9 Å². The van der Waals surface area contributed by atoms with Crippen molar-refractivity contribution in [2.75, 3.05) is 0 Å². The molecule has 0 saturated carbocycles. The highest BCUT2D eigenvalue weighted by Crippen LogP contribution is 2.26. The topological polar surface area (TPSA) is 17.1 Å². The molecule has 2 unspecified atom stereocenters. The molecule has 114 valence electrons. The van der Waals surface area contributed by atoms with E-state index < -0.39 is 10.8 Å². The van der Waals surface area contributed by atoms with E-state index in [0.29, 0.717) is 0 Å². The third kappa shape index (κ3) is 4.84. The van der Waals surface area contributed by atoms with Crippen LogP contribution >= 0.6 is 0 Å². The van der Waals surface area contributed by atoms with Gasteiger partial charge in [-0.3, -0.25) is 4.21 Å². The average molecular weight is 310 g/mol. The molecular formula is C20H22OS. The van der Waals surface area contributed by atoms with Crippen molar-refractivity contribution in [3.05, 3.63) is 84.1 Å². The van der Waals surface area contributed by atoms with Gasteiger partial charge in [-0.15, -0.1) is 5.73 Å². The maximum absolute atomic E-state index is 12.9. The lowest BCUT2D eigenvalue weighted by molar-refractivity contribution is 0.679. The molecule has 2 atom stereocenters. The van der Waals surface area contributed by atoms with Crippen LogP contribution in [-0.2, 0) is 10.8 Å². The average Bonchev–Trinajstić information content (AvgIpc) is 2.59. The zero-order valence-corrected chi connectivity index (χ0v) is 13.8. The van der Waals surface area contributed by atoms with Crippen LogP contribution in [0.4, 0.5) is 0 Å². The van der Waals surface area contributed by atoms with Crippen LogP contribution in [0, 0.1) is 0 Å². The van der Waals surface area contributed by atoms with Crippen LogP contribution in [0.5, 0.6) is 0 Å². The molecule has 0 N–H and O–H groups in total. The third-order valence-corrected chi connectivity index (χ3v) is 5.01. The van der Waals surface area contributed by atoms with Crippen molar-refractivity contribution < 1.29 is 4.21 Å². The van der Waals surface area contributed by atoms with E-state index in [1.165, 1.54) is 12.8 Å². The van der Waals surface area contributed by atoms with Gasteiger partial charge < -0.3 is 0 Å². The van der Waals surface area contributed by atoms with Crippen molar-refractivity contribution in [2.24, 2.45) is 0 Å². The van der Waals surface area contributed by atoms with E-state index in [2.05, 4.69) is 12.7 Å². The molecule has 0 radical (unpaired) electrons. The first kappa shape index (κ1) is 16.5. The van der Waals surface area contributed by atoms with E-state index in [-0.39, 0.29) is 5.25 Å². The number of unbranched alkanes of at least 4 members (excludes halogenated alkanes) is 2. The molecule has 1 nitrogen and oxygen atoms in total. The summed E-state index contributed by atoms with van der Waals surface area (Å²) in [4.78, 5) is 0.850. The highest BCUT2D eigenvalue weighted by Gasteiger charge is 2.17. The Bertz CT molecular complexity index is 640. The van der Waals surface area contributed by atoms with Crippen molar-refractivity contribution >= 4 is 10.8 Å². The normalized spacial score (nSPS) is 13.0. The summed E-state index contributed by atoms with van der Waals surface area (Å²) in [6.07, 6.45) is 7.34. The molecule has 0 spiro atoms. The summed E-state index contributed by atoms with van der Waals surface area (Å²) >= 11 is 0. The molecule has 2 rings (SSSR count). The van der Waals surface area contributed by atoms with Crippen LogP contribution < -0.4 is 0 Å². The van der Waals surface area contributed by atoms with Crippen LogP contribution in [0.2, 0.25) is 0 Å². The highest BCUT2D eigenvalue weighted by atomic mass is 32.2. The van der Waals surface area contributed by atoms with Crippen molar-refractivity contribution in [3.63, 3.8) is 0 Å². The van der Waals surface area contributed by atoms with E-state index in [4.69, 9.17) is 0 Å². The van der Waals surface area contributed by atoms with Crippen LogP contribution in [0.15, 0.2) is 83.4 Å². The van der Waals surface area contributed by atoms with Crippen molar-refractivity contribution in [2.45, 2.75) is 36.3 Å². The molecule has 0 aromatic heterocycles. The first-order valence-corrected chi connectivity index (χ1v) is 8.96. The fourth-order valence-corrected chi connectivity index (χ4v) is 3.50. The van der Waals surface area contributed by atoms with E-state index in [0.717, 1.165) is 16.9 Å². The van der Waals surface area contributed by atoms with Gasteiger partial charge in [-0.05, 0) is 42.7 Å². The summed E-state index contributed by atoms with van der Waals surface area (Å²) in [5, 5.41) is -0.165. The van der Waals surface area contributed by atoms with Gasteiger partial charge in [0.2, 0.25) is 0 Å². The smallest absolute Gasteiger partial charge is 0.0897 e. The minimum atomic E-state index is -1.12. The van der Waals surface area contributed by atoms with Gasteiger partial charge in [-0.2, -0.15) is 0 Å². The second-order valence-corrected chi connectivity index (χ2v) is 6.70. The lowest BCUT2D eigenvalue weighted by Crippen LogP contribution is -2.04. The Hall–Kier alpha value is -1.89. The van der Waals surface area contributed by atoms with E-state index in [1.54, 1.807) is 0 Å². The molecule has 0 saturated heterocycles. The number of hydrogen-bond acceptors (Lipinski definition) is 1. The maximum Gasteiger partial charge on any atom is 0.0897 e. The van der Waals surface area contributed by atoms with Gasteiger partial charge in [0.05, 0.1) is 16.0 Å². The van der Waals surface area contributed by atoms with Gasteiger partial charge in [-0.25, -0.2) is 0 Å². The molecule has 0 bridgehead atoms. The second-order valence-electron chi connectivity index (χ2n) is 5.12. The largest absolute Gasteiger partial charge is 0.253 e. The highest BCUT2D eigenvalue weighted by molar-refractivity contribution is 7.85. The summed E-state index contributed by atoms with van der Waals surface area (Å²) in [5.41, 5.74) is 4.28. The van der Waals surface area contributed by atoms with Crippen LogP contribution in [0.1, 0.15) is 37.0 Å². The monoisotopic (exact) mass is 310 g/mol. The van der Waals surface area contributed by atoms with Gasteiger partial charge in [0.25, 0.3) is 0 Å². The molecule has 2 heteroatoms. The zero-order valence-electron chi connectivity index (χ0n) is 12.9. The fourth-order valence-electron chi connectivity index (χ4n) is 2.17.